The van der Waals surface area contributed by atoms with Crippen LogP contribution in [0.2, 0.25) is 0 Å². The average molecular weight is 389 g/mol. The van der Waals surface area contributed by atoms with Crippen LogP contribution in [0.25, 0.3) is 0 Å². The molecule has 1 atom stereocenters. The maximum absolute atomic E-state index is 12.5. The molecule has 1 aromatic rings. The van der Waals surface area contributed by atoms with E-state index in [0.717, 1.165) is 3.57 Å². The molecule has 0 bridgehead atoms. The zero-order valence-electron chi connectivity index (χ0n) is 11.4. The van der Waals surface area contributed by atoms with Gasteiger partial charge in [-0.2, -0.15) is 0 Å². The Morgan fingerprint density at radius 2 is 2.30 bits per heavy atom. The van der Waals surface area contributed by atoms with Crippen LogP contribution in [0.15, 0.2) is 18.2 Å². The molecule has 0 saturated carbocycles. The number of hydrogen-bond acceptors (Lipinski definition) is 4. The van der Waals surface area contributed by atoms with Crippen LogP contribution in [0, 0.1) is 3.57 Å². The molecular formula is C14H16INO4. The van der Waals surface area contributed by atoms with Gasteiger partial charge < -0.3 is 14.4 Å². The molecule has 0 aliphatic carbocycles. The van der Waals surface area contributed by atoms with Crippen molar-refractivity contribution in [2.45, 2.75) is 19.4 Å². The molecule has 6 heteroatoms. The van der Waals surface area contributed by atoms with Crippen molar-refractivity contribution in [3.05, 3.63) is 27.3 Å². The number of ether oxygens (including phenoxy) is 2. The molecular weight excluding hydrogens is 373 g/mol. The topological polar surface area (TPSA) is 55.8 Å². The van der Waals surface area contributed by atoms with E-state index in [2.05, 4.69) is 27.3 Å². The van der Waals surface area contributed by atoms with Crippen molar-refractivity contribution >= 4 is 34.5 Å². The molecule has 1 amide bonds. The lowest BCUT2D eigenvalue weighted by atomic mass is 10.1. The Morgan fingerprint density at radius 3 is 3.00 bits per heavy atom. The molecule has 20 heavy (non-hydrogen) atoms. The summed E-state index contributed by atoms with van der Waals surface area (Å²) in [7, 11) is 1.34. The van der Waals surface area contributed by atoms with Crippen molar-refractivity contribution in [3.63, 3.8) is 0 Å². The van der Waals surface area contributed by atoms with Crippen LogP contribution >= 0.6 is 22.6 Å². The number of amides is 1. The molecule has 1 heterocycles. The van der Waals surface area contributed by atoms with Crippen molar-refractivity contribution in [1.29, 1.82) is 0 Å². The maximum atomic E-state index is 12.5. The number of esters is 1. The largest absolute Gasteiger partial charge is 0.488 e. The second-order valence-electron chi connectivity index (χ2n) is 4.65. The number of carbonyl (C=O) groups excluding carboxylic acids is 2. The molecule has 1 aliphatic rings. The summed E-state index contributed by atoms with van der Waals surface area (Å²) in [5.74, 6) is 0.175. The summed E-state index contributed by atoms with van der Waals surface area (Å²) in [5, 5.41) is 0. The number of benzene rings is 1. The smallest absolute Gasteiger partial charge is 0.307 e. The highest BCUT2D eigenvalue weighted by Crippen LogP contribution is 2.27. The molecule has 1 unspecified atom stereocenters. The Bertz CT molecular complexity index is 532. The number of hydrogen-bond donors (Lipinski definition) is 0. The Labute approximate surface area is 131 Å². The van der Waals surface area contributed by atoms with Crippen LogP contribution in [0.4, 0.5) is 0 Å². The zero-order chi connectivity index (χ0) is 14.7. The molecule has 0 aromatic heterocycles. The maximum Gasteiger partial charge on any atom is 0.307 e. The zero-order valence-corrected chi connectivity index (χ0v) is 13.5. The molecule has 108 valence electrons. The second kappa shape index (κ2) is 6.43. The fourth-order valence-electron chi connectivity index (χ4n) is 2.11. The highest BCUT2D eigenvalue weighted by atomic mass is 127. The highest BCUT2D eigenvalue weighted by molar-refractivity contribution is 14.1. The second-order valence-corrected chi connectivity index (χ2v) is 5.89. The molecule has 5 nitrogen and oxygen atoms in total. The van der Waals surface area contributed by atoms with Crippen molar-refractivity contribution < 1.29 is 19.1 Å². The molecule has 0 spiro atoms. The van der Waals surface area contributed by atoms with Gasteiger partial charge in [-0.1, -0.05) is 0 Å². The Morgan fingerprint density at radius 1 is 1.55 bits per heavy atom. The number of rotatable bonds is 3. The molecule has 0 radical (unpaired) electrons. The SMILES string of the molecule is COC(=O)CCN1CC(C)Oc2ccc(I)cc2C1=O. The Balaban J connectivity index is 2.22. The van der Waals surface area contributed by atoms with E-state index in [1.807, 2.05) is 19.1 Å². The number of fused-ring (bicyclic) bond motifs is 1. The molecule has 0 saturated heterocycles. The van der Waals surface area contributed by atoms with Crippen molar-refractivity contribution in [2.24, 2.45) is 0 Å². The monoisotopic (exact) mass is 389 g/mol. The van der Waals surface area contributed by atoms with Gasteiger partial charge in [-0.3, -0.25) is 9.59 Å². The van der Waals surface area contributed by atoms with Crippen LogP contribution in [0.5, 0.6) is 5.75 Å². The third-order valence-electron chi connectivity index (χ3n) is 3.08. The van der Waals surface area contributed by atoms with Crippen LogP contribution in [-0.2, 0) is 9.53 Å². The van der Waals surface area contributed by atoms with E-state index < -0.39 is 0 Å². The first-order chi connectivity index (χ1) is 9.51. The van der Waals surface area contributed by atoms with Gasteiger partial charge in [0.25, 0.3) is 5.91 Å². The summed E-state index contributed by atoms with van der Waals surface area (Å²) < 4.78 is 11.4. The molecule has 1 aliphatic heterocycles. The standard InChI is InChI=1S/C14H16INO4/c1-9-8-16(6-5-13(17)19-2)14(18)11-7-10(15)3-4-12(11)20-9/h3-4,7,9H,5-6,8H2,1-2H3. The normalized spacial score (nSPS) is 18.1. The first kappa shape index (κ1) is 15.1. The lowest BCUT2D eigenvalue weighted by molar-refractivity contribution is -0.140. The van der Waals surface area contributed by atoms with E-state index in [4.69, 9.17) is 4.74 Å². The van der Waals surface area contributed by atoms with Crippen molar-refractivity contribution in [2.75, 3.05) is 20.2 Å². The number of methoxy groups -OCH3 is 1. The van der Waals surface area contributed by atoms with Gasteiger partial charge in [0.1, 0.15) is 11.9 Å². The van der Waals surface area contributed by atoms with Gasteiger partial charge in [-0.25, -0.2) is 0 Å². The van der Waals surface area contributed by atoms with Gasteiger partial charge >= 0.3 is 5.97 Å². The summed E-state index contributed by atoms with van der Waals surface area (Å²) in [6.07, 6.45) is 0.0757. The van der Waals surface area contributed by atoms with E-state index in [9.17, 15) is 9.59 Å². The predicted octanol–water partition coefficient (Wildman–Crippen LogP) is 2.08. The highest BCUT2D eigenvalue weighted by Gasteiger charge is 2.27. The molecule has 1 aromatic carbocycles. The first-order valence-electron chi connectivity index (χ1n) is 6.33. The summed E-state index contributed by atoms with van der Waals surface area (Å²) in [6.45, 7) is 2.71. The molecule has 0 fully saturated rings. The van der Waals surface area contributed by atoms with Crippen LogP contribution in [0.1, 0.15) is 23.7 Å². The number of nitrogens with zero attached hydrogens (tertiary/aromatic N) is 1. The fraction of sp³-hybridized carbons (Fsp3) is 0.429. The minimum atomic E-state index is -0.321. The minimum absolute atomic E-state index is 0.105. The fourth-order valence-corrected chi connectivity index (χ4v) is 2.60. The van der Waals surface area contributed by atoms with E-state index in [1.165, 1.54) is 7.11 Å². The van der Waals surface area contributed by atoms with Gasteiger partial charge in [-0.15, -0.1) is 0 Å². The Kier molecular flexibility index (Phi) is 4.85. The number of carbonyl (C=O) groups is 2. The molecule has 2 rings (SSSR count). The Hall–Kier alpha value is -1.31. The van der Waals surface area contributed by atoms with E-state index in [-0.39, 0.29) is 24.4 Å². The van der Waals surface area contributed by atoms with Gasteiger partial charge in [0, 0.05) is 10.1 Å². The predicted molar refractivity (Wildman–Crippen MR) is 81.8 cm³/mol. The first-order valence-corrected chi connectivity index (χ1v) is 7.41. The van der Waals surface area contributed by atoms with E-state index in [0.29, 0.717) is 24.4 Å². The summed E-state index contributed by atoms with van der Waals surface area (Å²) in [5.41, 5.74) is 0.547. The minimum Gasteiger partial charge on any atom is -0.488 e. The average Bonchev–Trinajstić information content (AvgIpc) is 2.54. The quantitative estimate of drug-likeness (QED) is 0.587. The van der Waals surface area contributed by atoms with Crippen LogP contribution < -0.4 is 4.74 Å². The van der Waals surface area contributed by atoms with E-state index in [1.54, 1.807) is 11.0 Å². The lowest BCUT2D eigenvalue weighted by Gasteiger charge is -2.21. The molecule has 0 N–H and O–H groups in total. The number of halogens is 1. The van der Waals surface area contributed by atoms with Crippen molar-refractivity contribution in [3.8, 4) is 5.75 Å². The third kappa shape index (κ3) is 3.41. The third-order valence-corrected chi connectivity index (χ3v) is 3.75. The summed E-state index contributed by atoms with van der Waals surface area (Å²) >= 11 is 2.16. The van der Waals surface area contributed by atoms with Gasteiger partial charge in [0.15, 0.2) is 0 Å². The summed E-state index contributed by atoms with van der Waals surface area (Å²) in [6, 6.07) is 5.53. The van der Waals surface area contributed by atoms with Crippen molar-refractivity contribution in [1.82, 2.24) is 4.90 Å². The van der Waals surface area contributed by atoms with Gasteiger partial charge in [0.2, 0.25) is 0 Å². The van der Waals surface area contributed by atoms with E-state index >= 15 is 0 Å². The van der Waals surface area contributed by atoms with Gasteiger partial charge in [0.05, 0.1) is 25.6 Å². The lowest BCUT2D eigenvalue weighted by Crippen LogP contribution is -2.37. The van der Waals surface area contributed by atoms with Gasteiger partial charge in [-0.05, 0) is 47.7 Å². The van der Waals surface area contributed by atoms with Crippen LogP contribution in [-0.4, -0.2) is 43.1 Å². The van der Waals surface area contributed by atoms with Crippen LogP contribution in [0.3, 0.4) is 0 Å². The summed E-state index contributed by atoms with van der Waals surface area (Å²) in [4.78, 5) is 25.4.